The van der Waals surface area contributed by atoms with Gasteiger partial charge in [0.05, 0.1) is 29.1 Å². The first kappa shape index (κ1) is 32.8. The molecule has 10 nitrogen and oxygen atoms in total. The van der Waals surface area contributed by atoms with Crippen molar-refractivity contribution in [1.29, 1.82) is 0 Å². The van der Waals surface area contributed by atoms with Crippen LogP contribution in [-0.4, -0.2) is 67.1 Å². The van der Waals surface area contributed by atoms with E-state index >= 15 is 0 Å². The summed E-state index contributed by atoms with van der Waals surface area (Å²) in [6, 6.07) is 14.7. The maximum Gasteiger partial charge on any atom is 0.342 e. The first-order valence-corrected chi connectivity index (χ1v) is 19.8. The SMILES string of the molecule is Cn1c(=O)c(Nc2ccc(N3CCOCC3)cc2)nc2ccc(-c3cnc(C(OCC[Si](C)(C)C)C(=O)OC(C)(C)C)s3)cc21. The average Bonchev–Trinajstić information content (AvgIpc) is 3.47. The van der Waals surface area contributed by atoms with Crippen LogP contribution in [0.25, 0.3) is 21.5 Å². The largest absolute Gasteiger partial charge is 0.458 e. The monoisotopic (exact) mass is 649 g/mol. The van der Waals surface area contributed by atoms with Crippen molar-refractivity contribution in [2.24, 2.45) is 7.05 Å². The number of carbonyl (C=O) groups is 1. The van der Waals surface area contributed by atoms with Crippen LogP contribution in [0.4, 0.5) is 17.2 Å². The fourth-order valence-corrected chi connectivity index (χ4v) is 6.57. The van der Waals surface area contributed by atoms with E-state index in [0.29, 0.717) is 22.6 Å². The van der Waals surface area contributed by atoms with Gasteiger partial charge in [0.1, 0.15) is 10.6 Å². The summed E-state index contributed by atoms with van der Waals surface area (Å²) in [5.74, 6) is -0.188. The number of nitrogens with one attached hydrogen (secondary N) is 1. The molecule has 4 aromatic rings. The molecule has 0 saturated carbocycles. The Kier molecular flexibility index (Phi) is 9.78. The summed E-state index contributed by atoms with van der Waals surface area (Å²) in [5, 5.41) is 3.74. The van der Waals surface area contributed by atoms with E-state index in [1.54, 1.807) is 17.8 Å². The lowest BCUT2D eigenvalue weighted by Crippen LogP contribution is -2.36. The van der Waals surface area contributed by atoms with Crippen molar-refractivity contribution < 1.29 is 19.0 Å². The van der Waals surface area contributed by atoms with Crippen LogP contribution in [0.5, 0.6) is 0 Å². The van der Waals surface area contributed by atoms with E-state index in [9.17, 15) is 9.59 Å². The van der Waals surface area contributed by atoms with Crippen LogP contribution in [0, 0.1) is 0 Å². The summed E-state index contributed by atoms with van der Waals surface area (Å²) in [4.78, 5) is 38.9. The molecule has 2 aromatic carbocycles. The number of hydrogen-bond acceptors (Lipinski definition) is 10. The molecular weight excluding hydrogens is 607 g/mol. The first-order chi connectivity index (χ1) is 21.3. The zero-order valence-electron chi connectivity index (χ0n) is 27.2. The second kappa shape index (κ2) is 13.4. The van der Waals surface area contributed by atoms with Crippen LogP contribution in [-0.2, 0) is 26.1 Å². The zero-order chi connectivity index (χ0) is 32.4. The van der Waals surface area contributed by atoms with Gasteiger partial charge in [0.15, 0.2) is 5.82 Å². The maximum absolute atomic E-state index is 13.3. The molecule has 0 aliphatic carbocycles. The molecule has 1 fully saturated rings. The lowest BCUT2D eigenvalue weighted by atomic mass is 10.1. The molecule has 12 heteroatoms. The Balaban J connectivity index is 1.36. The van der Waals surface area contributed by atoms with Crippen LogP contribution in [0.2, 0.25) is 25.7 Å². The fourth-order valence-electron chi connectivity index (χ4n) is 4.89. The minimum absolute atomic E-state index is 0.234. The summed E-state index contributed by atoms with van der Waals surface area (Å²) < 4.78 is 18.8. The molecule has 1 unspecified atom stereocenters. The Morgan fingerprint density at radius 3 is 2.49 bits per heavy atom. The molecular formula is C33H43N5O5SSi. The molecule has 0 spiro atoms. The van der Waals surface area contributed by atoms with E-state index in [2.05, 4.69) is 39.8 Å². The van der Waals surface area contributed by atoms with E-state index in [1.807, 2.05) is 63.2 Å². The first-order valence-electron chi connectivity index (χ1n) is 15.3. The number of benzene rings is 2. The molecule has 0 bridgehead atoms. The molecule has 45 heavy (non-hydrogen) atoms. The van der Waals surface area contributed by atoms with Gasteiger partial charge in [-0.1, -0.05) is 25.7 Å². The van der Waals surface area contributed by atoms with Crippen LogP contribution < -0.4 is 15.8 Å². The smallest absolute Gasteiger partial charge is 0.342 e. The Hall–Kier alpha value is -3.58. The van der Waals surface area contributed by atoms with Crippen molar-refractivity contribution in [3.8, 4) is 10.4 Å². The molecule has 0 radical (unpaired) electrons. The van der Waals surface area contributed by atoms with Crippen molar-refractivity contribution >= 4 is 53.6 Å². The van der Waals surface area contributed by atoms with Crippen LogP contribution in [0.3, 0.4) is 0 Å². The predicted molar refractivity (Wildman–Crippen MR) is 184 cm³/mol. The van der Waals surface area contributed by atoms with Gasteiger partial charge >= 0.3 is 5.97 Å². The van der Waals surface area contributed by atoms with E-state index in [1.165, 1.54) is 11.3 Å². The number of thiazole rings is 1. The predicted octanol–water partition coefficient (Wildman–Crippen LogP) is 6.37. The van der Waals surface area contributed by atoms with Gasteiger partial charge in [-0.25, -0.2) is 14.8 Å². The second-order valence-corrected chi connectivity index (χ2v) is 20.1. The molecule has 5 rings (SSSR count). The van der Waals surface area contributed by atoms with Gasteiger partial charge in [-0.05, 0) is 68.8 Å². The number of aryl methyl sites for hydroxylation is 1. The molecule has 1 atom stereocenters. The van der Waals surface area contributed by atoms with Gasteiger partial charge < -0.3 is 29.0 Å². The molecule has 2 aromatic heterocycles. The minimum atomic E-state index is -1.36. The third-order valence-corrected chi connectivity index (χ3v) is 10.2. The average molecular weight is 650 g/mol. The highest BCUT2D eigenvalue weighted by Crippen LogP contribution is 2.34. The Labute approximate surface area is 269 Å². The van der Waals surface area contributed by atoms with E-state index in [4.69, 9.17) is 14.2 Å². The minimum Gasteiger partial charge on any atom is -0.458 e. The Morgan fingerprint density at radius 1 is 1.11 bits per heavy atom. The number of morpholine rings is 1. The molecule has 1 aliphatic heterocycles. The molecule has 1 N–H and O–H groups in total. The quantitative estimate of drug-likeness (QED) is 0.155. The van der Waals surface area contributed by atoms with Gasteiger partial charge in [-0.3, -0.25) is 4.79 Å². The van der Waals surface area contributed by atoms with Gasteiger partial charge in [-0.15, -0.1) is 11.3 Å². The number of ether oxygens (including phenoxy) is 3. The van der Waals surface area contributed by atoms with Crippen LogP contribution in [0.1, 0.15) is 31.9 Å². The number of fused-ring (bicyclic) bond motifs is 1. The van der Waals surface area contributed by atoms with Crippen molar-refractivity contribution in [3.05, 3.63) is 64.0 Å². The summed E-state index contributed by atoms with van der Waals surface area (Å²) in [7, 11) is 0.378. The highest BCUT2D eigenvalue weighted by molar-refractivity contribution is 7.15. The number of anilines is 3. The second-order valence-electron chi connectivity index (χ2n) is 13.5. The van der Waals surface area contributed by atoms with E-state index < -0.39 is 25.7 Å². The van der Waals surface area contributed by atoms with Crippen molar-refractivity contribution in [2.45, 2.75) is 58.2 Å². The Morgan fingerprint density at radius 2 is 1.82 bits per heavy atom. The molecule has 240 valence electrons. The summed E-state index contributed by atoms with van der Waals surface area (Å²) in [6.07, 6.45) is 0.838. The third kappa shape index (κ3) is 8.37. The van der Waals surface area contributed by atoms with Crippen LogP contribution in [0.15, 0.2) is 53.5 Å². The number of aromatic nitrogens is 3. The highest BCUT2D eigenvalue weighted by atomic mass is 32.1. The lowest BCUT2D eigenvalue weighted by Gasteiger charge is -2.28. The molecule has 1 aliphatic rings. The summed E-state index contributed by atoms with van der Waals surface area (Å²) in [6.45, 7) is 16.0. The number of nitrogens with zero attached hydrogens (tertiary/aromatic N) is 4. The number of carbonyl (C=O) groups excluding carboxylic acids is 1. The zero-order valence-corrected chi connectivity index (χ0v) is 29.0. The number of esters is 1. The van der Waals surface area contributed by atoms with Crippen molar-refractivity contribution in [2.75, 3.05) is 43.1 Å². The van der Waals surface area contributed by atoms with Crippen LogP contribution >= 0.6 is 11.3 Å². The standard InChI is InChI=1S/C33H43N5O5SSi/c1-33(2,3)43-32(40)28(42-18-19-45(5,6)7)30-34-21-27(44-30)22-8-13-25-26(20-22)37(4)31(39)29(36-25)35-23-9-11-24(12-10-23)38-14-16-41-17-15-38/h8-13,20-21,28H,14-19H2,1-7H3,(H,35,36). The third-order valence-electron chi connectivity index (χ3n) is 7.37. The van der Waals surface area contributed by atoms with Crippen molar-refractivity contribution in [3.63, 3.8) is 0 Å². The van der Waals surface area contributed by atoms with E-state index in [-0.39, 0.29) is 11.4 Å². The topological polar surface area (TPSA) is 108 Å². The van der Waals surface area contributed by atoms with Crippen molar-refractivity contribution in [1.82, 2.24) is 14.5 Å². The molecule has 1 saturated heterocycles. The summed E-state index contributed by atoms with van der Waals surface area (Å²) in [5.41, 5.74) is 3.27. The lowest BCUT2D eigenvalue weighted by molar-refractivity contribution is -0.169. The summed E-state index contributed by atoms with van der Waals surface area (Å²) >= 11 is 1.39. The van der Waals surface area contributed by atoms with Gasteiger partial charge in [0, 0.05) is 52.4 Å². The van der Waals surface area contributed by atoms with Gasteiger partial charge in [0.2, 0.25) is 6.10 Å². The molecule has 3 heterocycles. The Bertz CT molecular complexity index is 1700. The molecule has 0 amide bonds. The van der Waals surface area contributed by atoms with Gasteiger partial charge in [0.25, 0.3) is 5.56 Å². The van der Waals surface area contributed by atoms with Gasteiger partial charge in [-0.2, -0.15) is 0 Å². The maximum atomic E-state index is 13.3. The normalized spacial score (nSPS) is 14.9. The highest BCUT2D eigenvalue weighted by Gasteiger charge is 2.31. The van der Waals surface area contributed by atoms with E-state index in [0.717, 1.165) is 54.2 Å². The number of rotatable bonds is 10. The fraction of sp³-hybridized carbons (Fsp3) is 0.455. The number of hydrogen-bond donors (Lipinski definition) is 1.